The van der Waals surface area contributed by atoms with Crippen molar-refractivity contribution in [1.29, 1.82) is 0 Å². The number of hydrogen-bond acceptors (Lipinski definition) is 4. The van der Waals surface area contributed by atoms with Gasteiger partial charge >= 0.3 is 0 Å². The van der Waals surface area contributed by atoms with E-state index in [0.29, 0.717) is 0 Å². The van der Waals surface area contributed by atoms with E-state index in [9.17, 15) is 9.90 Å². The summed E-state index contributed by atoms with van der Waals surface area (Å²) in [6.07, 6.45) is 6.61. The molecule has 0 spiro atoms. The summed E-state index contributed by atoms with van der Waals surface area (Å²) in [5.74, 6) is 2.05. The van der Waals surface area contributed by atoms with Crippen molar-refractivity contribution in [3.63, 3.8) is 0 Å². The quantitative estimate of drug-likeness (QED) is 0.127. The summed E-state index contributed by atoms with van der Waals surface area (Å²) >= 11 is 0. The van der Waals surface area contributed by atoms with Gasteiger partial charge in [-0.05, 0) is 43.9 Å². The normalized spacial score (nSPS) is 12.2. The van der Waals surface area contributed by atoms with E-state index in [1.54, 1.807) is 6.20 Å². The van der Waals surface area contributed by atoms with Gasteiger partial charge in [-0.15, -0.1) is 23.8 Å². The van der Waals surface area contributed by atoms with E-state index in [-0.39, 0.29) is 43.0 Å². The Morgan fingerprint density at radius 1 is 1.09 bits per heavy atom. The summed E-state index contributed by atoms with van der Waals surface area (Å²) in [6, 6.07) is 17.1. The van der Waals surface area contributed by atoms with Crippen LogP contribution in [0.1, 0.15) is 60.3 Å². The Kier molecular flexibility index (Phi) is 10.0. The number of carbonyl (C=O) groups is 1. The fourth-order valence-corrected chi connectivity index (χ4v) is 4.02. The van der Waals surface area contributed by atoms with Crippen LogP contribution in [-0.2, 0) is 24.9 Å². The molecule has 1 aliphatic rings. The van der Waals surface area contributed by atoms with Crippen LogP contribution in [0, 0.1) is 17.4 Å². The monoisotopic (exact) mass is 637 g/mol. The van der Waals surface area contributed by atoms with Crippen LogP contribution in [0.3, 0.4) is 0 Å². The number of aliphatic hydroxyl groups is 1. The number of aliphatic hydroxyl groups excluding tert-OH is 1. The molecule has 0 amide bonds. The molecular weight excluding hydrogens is 603 g/mol. The van der Waals surface area contributed by atoms with Crippen LogP contribution in [0.4, 0.5) is 0 Å². The second-order valence-electron chi connectivity index (χ2n) is 8.74. The van der Waals surface area contributed by atoms with E-state index in [1.807, 2.05) is 71.0 Å². The molecule has 4 nitrogen and oxygen atoms in total. The van der Waals surface area contributed by atoms with Crippen molar-refractivity contribution < 1.29 is 34.7 Å². The van der Waals surface area contributed by atoms with Crippen molar-refractivity contribution in [1.82, 2.24) is 4.98 Å². The first-order chi connectivity index (χ1) is 15.9. The van der Waals surface area contributed by atoms with Crippen LogP contribution in [0.25, 0.3) is 22.0 Å². The Morgan fingerprint density at radius 3 is 2.41 bits per heavy atom. The van der Waals surface area contributed by atoms with Crippen LogP contribution >= 0.6 is 0 Å². The Labute approximate surface area is 216 Å². The summed E-state index contributed by atoms with van der Waals surface area (Å²) in [5.41, 5.74) is 1.65. The van der Waals surface area contributed by atoms with Gasteiger partial charge in [0.1, 0.15) is 11.5 Å². The zero-order valence-electron chi connectivity index (χ0n) is 20.6. The third-order valence-electron chi connectivity index (χ3n) is 6.87. The van der Waals surface area contributed by atoms with E-state index in [0.717, 1.165) is 59.2 Å². The van der Waals surface area contributed by atoms with Crippen LogP contribution in [0.15, 0.2) is 60.5 Å². The Morgan fingerprint density at radius 2 is 1.76 bits per heavy atom. The summed E-state index contributed by atoms with van der Waals surface area (Å²) in [7, 11) is 0. The molecule has 1 radical (unpaired) electrons. The summed E-state index contributed by atoms with van der Waals surface area (Å²) < 4.78 is 5.87. The maximum atomic E-state index is 11.9. The van der Waals surface area contributed by atoms with Gasteiger partial charge in [-0.25, -0.2) is 0 Å². The minimum absolute atomic E-state index is 0. The molecular formula is C29H34IrNO3-. The molecule has 0 aliphatic carbocycles. The van der Waals surface area contributed by atoms with Gasteiger partial charge in [0.2, 0.25) is 0 Å². The number of benzene rings is 2. The molecule has 0 bridgehead atoms. The van der Waals surface area contributed by atoms with E-state index in [1.165, 1.54) is 6.08 Å². The number of ether oxygens (including phenoxy) is 1. The molecule has 0 atom stereocenters. The largest absolute Gasteiger partial charge is 0.512 e. The predicted molar refractivity (Wildman–Crippen MR) is 135 cm³/mol. The third-order valence-corrected chi connectivity index (χ3v) is 6.87. The second kappa shape index (κ2) is 12.3. The van der Waals surface area contributed by atoms with Gasteiger partial charge in [0.05, 0.1) is 5.75 Å². The van der Waals surface area contributed by atoms with Crippen molar-refractivity contribution in [2.24, 2.45) is 11.3 Å². The van der Waals surface area contributed by atoms with Crippen LogP contribution < -0.4 is 4.74 Å². The molecule has 4 rings (SSSR count). The molecule has 0 unspecified atom stereocenters. The number of rotatable bonds is 7. The van der Waals surface area contributed by atoms with Gasteiger partial charge in [-0.3, -0.25) is 4.79 Å². The van der Waals surface area contributed by atoms with Crippen molar-refractivity contribution >= 4 is 16.6 Å². The van der Waals surface area contributed by atoms with Gasteiger partial charge in [-0.2, -0.15) is 0 Å². The molecule has 34 heavy (non-hydrogen) atoms. The Hall–Kier alpha value is -2.49. The van der Waals surface area contributed by atoms with Crippen molar-refractivity contribution in [3.8, 4) is 22.8 Å². The molecule has 2 aromatic carbocycles. The first-order valence-corrected chi connectivity index (χ1v) is 11.9. The van der Waals surface area contributed by atoms with Crippen molar-refractivity contribution in [2.75, 3.05) is 0 Å². The fraction of sp³-hybridized carbons (Fsp3) is 0.379. The minimum atomic E-state index is -0.248. The minimum Gasteiger partial charge on any atom is -0.512 e. The van der Waals surface area contributed by atoms with E-state index in [2.05, 4.69) is 17.1 Å². The van der Waals surface area contributed by atoms with Crippen LogP contribution in [-0.4, -0.2) is 15.9 Å². The first-order valence-electron chi connectivity index (χ1n) is 11.9. The molecule has 0 fully saturated rings. The molecule has 5 heteroatoms. The van der Waals surface area contributed by atoms with Gasteiger partial charge < -0.3 is 14.8 Å². The van der Waals surface area contributed by atoms with Gasteiger partial charge in [0.25, 0.3) is 0 Å². The molecule has 183 valence electrons. The average molecular weight is 637 g/mol. The summed E-state index contributed by atoms with van der Waals surface area (Å²) in [5, 5.41) is 12.3. The van der Waals surface area contributed by atoms with Crippen molar-refractivity contribution in [3.05, 3.63) is 66.6 Å². The van der Waals surface area contributed by atoms with E-state index < -0.39 is 0 Å². The standard InChI is InChI=1S/C15H8NO.C14H26O2.Ir/c1-4-10-5-2-7-12-14(10)11(6-1)15-13(17-12)8-3-9-16-15;1-6-11(7-2)12(15)10-13(16)14(5,8-3)9-4;/h1-5,7-9H;10-11,16H,6-9H2,1-5H3;/q-1;;/b;13-10-;. The summed E-state index contributed by atoms with van der Waals surface area (Å²) in [6.45, 7) is 10.1. The number of allylic oxidation sites excluding steroid dienone is 2. The molecule has 2 heterocycles. The SMILES string of the molecule is CCC(CC)C(=O)/C=C(\O)C(C)(CC)CC.[Ir].[c-]1ccc2cccc3c2c1-c1ncccc1O3. The predicted octanol–water partition coefficient (Wildman–Crippen LogP) is 8.07. The molecule has 1 N–H and O–H groups in total. The number of ketones is 1. The topological polar surface area (TPSA) is 59.4 Å². The molecule has 0 saturated carbocycles. The van der Waals surface area contributed by atoms with Crippen LogP contribution in [0.5, 0.6) is 11.5 Å². The number of pyridine rings is 1. The number of nitrogens with zero attached hydrogens (tertiary/aromatic N) is 1. The molecule has 0 saturated heterocycles. The zero-order chi connectivity index (χ0) is 24.0. The fourth-order valence-electron chi connectivity index (χ4n) is 4.02. The number of hydrogen-bond donors (Lipinski definition) is 1. The maximum Gasteiger partial charge on any atom is 0.162 e. The van der Waals surface area contributed by atoms with Gasteiger partial charge in [0.15, 0.2) is 5.78 Å². The number of fused-ring (bicyclic) bond motifs is 2. The van der Waals surface area contributed by atoms with E-state index >= 15 is 0 Å². The smallest absolute Gasteiger partial charge is 0.162 e. The Balaban J connectivity index is 0.000000234. The average Bonchev–Trinajstić information content (AvgIpc) is 2.85. The molecule has 1 aliphatic heterocycles. The van der Waals surface area contributed by atoms with E-state index in [4.69, 9.17) is 4.74 Å². The number of carbonyl (C=O) groups excluding carboxylic acids is 1. The molecule has 1 aromatic heterocycles. The maximum absolute atomic E-state index is 11.9. The van der Waals surface area contributed by atoms with Gasteiger partial charge in [-0.1, -0.05) is 57.5 Å². The zero-order valence-corrected chi connectivity index (χ0v) is 23.0. The van der Waals surface area contributed by atoms with Crippen LogP contribution in [0.2, 0.25) is 0 Å². The Bertz CT molecular complexity index is 1140. The molecule has 3 aromatic rings. The number of aromatic nitrogens is 1. The first kappa shape index (κ1) is 27.8. The second-order valence-corrected chi connectivity index (χ2v) is 8.74. The summed E-state index contributed by atoms with van der Waals surface area (Å²) in [4.78, 5) is 16.2. The van der Waals surface area contributed by atoms with Crippen molar-refractivity contribution in [2.45, 2.75) is 60.3 Å². The third kappa shape index (κ3) is 5.76. The van der Waals surface area contributed by atoms with Gasteiger partial charge in [0, 0.05) is 49.4 Å².